The van der Waals surface area contributed by atoms with E-state index in [1.807, 2.05) is 54.6 Å². The number of nitrogens with zero attached hydrogens (tertiary/aromatic N) is 1. The molecule has 3 rings (SSSR count). The molecule has 1 heterocycles. The highest BCUT2D eigenvalue weighted by Gasteiger charge is 2.12. The van der Waals surface area contributed by atoms with Crippen LogP contribution in [0.4, 0.5) is 11.5 Å². The molecule has 0 fully saturated rings. The van der Waals surface area contributed by atoms with Crippen molar-refractivity contribution in [2.24, 2.45) is 0 Å². The van der Waals surface area contributed by atoms with Gasteiger partial charge in [0.2, 0.25) is 0 Å². The lowest BCUT2D eigenvalue weighted by atomic mass is 10.1. The summed E-state index contributed by atoms with van der Waals surface area (Å²) in [6.07, 6.45) is 1.77. The molecule has 0 aliphatic heterocycles. The Morgan fingerprint density at radius 1 is 1.03 bits per heavy atom. The summed E-state index contributed by atoms with van der Waals surface area (Å²) in [6.45, 7) is 0.570. The van der Waals surface area contributed by atoms with Gasteiger partial charge in [0.1, 0.15) is 11.7 Å². The van der Waals surface area contributed by atoms with Gasteiger partial charge in [-0.2, -0.15) is 0 Å². The van der Waals surface area contributed by atoms with E-state index in [0.29, 0.717) is 23.8 Å². The number of anilines is 2. The summed E-state index contributed by atoms with van der Waals surface area (Å²) in [5, 5.41) is 16.8. The summed E-state index contributed by atoms with van der Waals surface area (Å²) >= 11 is 2.28. The minimum Gasteiger partial charge on any atom is -0.380 e. The third-order valence-electron chi connectivity index (χ3n) is 4.37. The van der Waals surface area contributed by atoms with Crippen molar-refractivity contribution in [3.63, 3.8) is 0 Å². The van der Waals surface area contributed by atoms with Gasteiger partial charge in [-0.1, -0.05) is 65.1 Å². The lowest BCUT2D eigenvalue weighted by Gasteiger charge is -2.13. The number of amides is 1. The third-order valence-corrected chi connectivity index (χ3v) is 5.25. The van der Waals surface area contributed by atoms with Gasteiger partial charge < -0.3 is 16.0 Å². The molecule has 148 valence electrons. The van der Waals surface area contributed by atoms with Gasteiger partial charge in [0.15, 0.2) is 0 Å². The quantitative estimate of drug-likeness (QED) is 0.168. The van der Waals surface area contributed by atoms with Crippen LogP contribution in [0.2, 0.25) is 0 Å². The van der Waals surface area contributed by atoms with Crippen molar-refractivity contribution in [3.8, 4) is 0 Å². The van der Waals surface area contributed by atoms with Crippen LogP contribution in [0.15, 0.2) is 66.9 Å². The Morgan fingerprint density at radius 2 is 1.76 bits per heavy atom. The summed E-state index contributed by atoms with van der Waals surface area (Å²) in [5.41, 5.74) is 4.31. The number of para-hydroxylation sites is 1. The molecule has 0 saturated carbocycles. The molecular formula is C22H22IN5O. The number of alkyl halides is 1. The molecule has 0 atom stereocenters. The van der Waals surface area contributed by atoms with Crippen molar-refractivity contribution in [3.05, 3.63) is 89.1 Å². The molecule has 4 N–H and O–H groups in total. The molecule has 0 unspecified atom stereocenters. The first-order valence-corrected chi connectivity index (χ1v) is 10.6. The summed E-state index contributed by atoms with van der Waals surface area (Å²) in [4.78, 5) is 17.0. The molecule has 0 aliphatic rings. The summed E-state index contributed by atoms with van der Waals surface area (Å²) in [6, 6.07) is 18.9. The Kier molecular flexibility index (Phi) is 7.18. The van der Waals surface area contributed by atoms with E-state index in [4.69, 9.17) is 5.41 Å². The number of carbonyl (C=O) groups excluding carboxylic acids is 1. The van der Waals surface area contributed by atoms with Gasteiger partial charge in [0.25, 0.3) is 5.91 Å². The Balaban J connectivity index is 1.68. The van der Waals surface area contributed by atoms with Crippen LogP contribution in [0.3, 0.4) is 0 Å². The van der Waals surface area contributed by atoms with Crippen LogP contribution >= 0.6 is 22.6 Å². The van der Waals surface area contributed by atoms with Gasteiger partial charge in [0, 0.05) is 35.5 Å². The van der Waals surface area contributed by atoms with Gasteiger partial charge >= 0.3 is 0 Å². The van der Waals surface area contributed by atoms with E-state index < -0.39 is 0 Å². The third kappa shape index (κ3) is 5.54. The number of hydrogen-bond acceptors (Lipinski definition) is 4. The van der Waals surface area contributed by atoms with Crippen LogP contribution < -0.4 is 16.0 Å². The average molecular weight is 499 g/mol. The van der Waals surface area contributed by atoms with Crippen LogP contribution in [0.25, 0.3) is 0 Å². The monoisotopic (exact) mass is 499 g/mol. The molecule has 1 amide bonds. The zero-order chi connectivity index (χ0) is 20.6. The number of halogens is 1. The fourth-order valence-corrected chi connectivity index (χ4v) is 3.18. The number of carbonyl (C=O) groups is 1. The number of hydrogen-bond donors (Lipinski definition) is 4. The van der Waals surface area contributed by atoms with Crippen LogP contribution in [0.5, 0.6) is 0 Å². The number of aromatic nitrogens is 1. The SMILES string of the molecule is CNC(=N)c1ccc(CNc2ccccc2C(=O)Nc2ccc(CI)cn2)cc1. The molecule has 3 aromatic rings. The van der Waals surface area contributed by atoms with Gasteiger partial charge in [-0.05, 0) is 29.3 Å². The van der Waals surface area contributed by atoms with Gasteiger partial charge in [-0.3, -0.25) is 10.2 Å². The lowest BCUT2D eigenvalue weighted by Crippen LogP contribution is -2.17. The smallest absolute Gasteiger partial charge is 0.258 e. The fourth-order valence-electron chi connectivity index (χ4n) is 2.73. The molecule has 0 spiro atoms. The van der Waals surface area contributed by atoms with E-state index in [9.17, 15) is 4.79 Å². The Morgan fingerprint density at radius 3 is 2.41 bits per heavy atom. The number of nitrogens with one attached hydrogen (secondary N) is 4. The fraction of sp³-hybridized carbons (Fsp3) is 0.136. The molecule has 6 nitrogen and oxygen atoms in total. The maximum absolute atomic E-state index is 12.7. The Labute approximate surface area is 183 Å². The minimum atomic E-state index is -0.208. The predicted molar refractivity (Wildman–Crippen MR) is 126 cm³/mol. The maximum atomic E-state index is 12.7. The van der Waals surface area contributed by atoms with Gasteiger partial charge in [-0.25, -0.2) is 4.98 Å². The topological polar surface area (TPSA) is 89.9 Å². The first-order valence-electron chi connectivity index (χ1n) is 9.11. The standard InChI is InChI=1S/C22H22IN5O/c1-25-21(24)17-9-6-15(7-10-17)13-26-19-5-3-2-4-18(19)22(29)28-20-11-8-16(12-23)14-27-20/h2-11,14,26H,12-13H2,1H3,(H2,24,25)(H,27,28,29). The number of amidine groups is 1. The van der Waals surface area contributed by atoms with Crippen LogP contribution in [-0.2, 0) is 11.0 Å². The van der Waals surface area contributed by atoms with Crippen LogP contribution in [0.1, 0.15) is 27.0 Å². The van der Waals surface area contributed by atoms with E-state index in [0.717, 1.165) is 26.8 Å². The zero-order valence-corrected chi connectivity index (χ0v) is 18.2. The molecular weight excluding hydrogens is 477 g/mol. The highest BCUT2D eigenvalue weighted by Crippen LogP contribution is 2.18. The molecule has 2 aromatic carbocycles. The van der Waals surface area contributed by atoms with E-state index in [-0.39, 0.29) is 5.91 Å². The highest BCUT2D eigenvalue weighted by atomic mass is 127. The molecule has 0 aliphatic carbocycles. The lowest BCUT2D eigenvalue weighted by molar-refractivity contribution is 0.102. The molecule has 29 heavy (non-hydrogen) atoms. The maximum Gasteiger partial charge on any atom is 0.258 e. The van der Waals surface area contributed by atoms with E-state index in [1.54, 1.807) is 19.3 Å². The van der Waals surface area contributed by atoms with Crippen molar-refractivity contribution < 1.29 is 4.79 Å². The second kappa shape index (κ2) is 10.0. The second-order valence-corrected chi connectivity index (χ2v) is 7.12. The van der Waals surface area contributed by atoms with Crippen molar-refractivity contribution in [1.82, 2.24) is 10.3 Å². The molecule has 0 saturated heterocycles. The number of benzene rings is 2. The second-order valence-electron chi connectivity index (χ2n) is 6.36. The highest BCUT2D eigenvalue weighted by molar-refractivity contribution is 14.1. The zero-order valence-electron chi connectivity index (χ0n) is 16.0. The van der Waals surface area contributed by atoms with Gasteiger partial charge in [0.05, 0.1) is 5.56 Å². The van der Waals surface area contributed by atoms with Gasteiger partial charge in [-0.15, -0.1) is 0 Å². The van der Waals surface area contributed by atoms with E-state index in [2.05, 4.69) is 43.5 Å². The van der Waals surface area contributed by atoms with Crippen LogP contribution in [0, 0.1) is 5.41 Å². The first kappa shape index (κ1) is 20.8. The molecule has 0 bridgehead atoms. The summed E-state index contributed by atoms with van der Waals surface area (Å²) in [5.74, 6) is 0.702. The minimum absolute atomic E-state index is 0.208. The normalized spacial score (nSPS) is 10.3. The average Bonchev–Trinajstić information content (AvgIpc) is 2.78. The van der Waals surface area contributed by atoms with E-state index >= 15 is 0 Å². The van der Waals surface area contributed by atoms with E-state index in [1.165, 1.54) is 0 Å². The number of pyridine rings is 1. The molecule has 1 aromatic heterocycles. The number of rotatable bonds is 7. The first-order chi connectivity index (χ1) is 14.1. The Hall–Kier alpha value is -2.94. The molecule has 0 radical (unpaired) electrons. The van der Waals surface area contributed by atoms with Crippen LogP contribution in [-0.4, -0.2) is 23.8 Å². The summed E-state index contributed by atoms with van der Waals surface area (Å²) < 4.78 is 0.878. The Bertz CT molecular complexity index is 987. The van der Waals surface area contributed by atoms with Crippen molar-refractivity contribution in [2.45, 2.75) is 11.0 Å². The van der Waals surface area contributed by atoms with Crippen molar-refractivity contribution in [2.75, 3.05) is 17.7 Å². The van der Waals surface area contributed by atoms with Crippen molar-refractivity contribution in [1.29, 1.82) is 5.41 Å². The van der Waals surface area contributed by atoms with Crippen molar-refractivity contribution >= 4 is 45.8 Å². The molecule has 7 heteroatoms. The summed E-state index contributed by atoms with van der Waals surface area (Å²) in [7, 11) is 1.73. The predicted octanol–water partition coefficient (Wildman–Crippen LogP) is 4.43. The largest absolute Gasteiger partial charge is 0.380 e.